The summed E-state index contributed by atoms with van der Waals surface area (Å²) in [5.41, 5.74) is 6.22. The van der Waals surface area contributed by atoms with Crippen LogP contribution in [0.1, 0.15) is 45.7 Å². The molecule has 0 aliphatic rings. The molecule has 1 rings (SSSR count). The largest absolute Gasteiger partial charge is 0.481 e. The molecule has 0 aliphatic heterocycles. The van der Waals surface area contributed by atoms with E-state index in [1.807, 2.05) is 6.92 Å². The van der Waals surface area contributed by atoms with Crippen LogP contribution in [0.4, 0.5) is 0 Å². The van der Waals surface area contributed by atoms with E-state index in [2.05, 4.69) is 25.9 Å². The van der Waals surface area contributed by atoms with Gasteiger partial charge in [0.2, 0.25) is 17.7 Å². The van der Waals surface area contributed by atoms with Crippen LogP contribution in [0.25, 0.3) is 0 Å². The number of carbonyl (C=O) groups excluding carboxylic acids is 3. The molecule has 5 atom stereocenters. The molecule has 13 heteroatoms. The summed E-state index contributed by atoms with van der Waals surface area (Å²) in [6.45, 7) is 4.92. The van der Waals surface area contributed by atoms with Crippen LogP contribution < -0.4 is 21.7 Å². The number of nitrogens with two attached hydrogens (primary N) is 1. The first-order valence-corrected chi connectivity index (χ1v) is 10.5. The zero-order chi connectivity index (χ0) is 25.1. The first-order valence-electron chi connectivity index (χ1n) is 10.5. The van der Waals surface area contributed by atoms with Gasteiger partial charge in [-0.3, -0.25) is 19.2 Å². The molecule has 1 heterocycles. The summed E-state index contributed by atoms with van der Waals surface area (Å²) in [5.74, 6) is -4.71. The van der Waals surface area contributed by atoms with Crippen molar-refractivity contribution in [2.75, 3.05) is 0 Å². The van der Waals surface area contributed by atoms with Gasteiger partial charge in [0.25, 0.3) is 0 Å². The monoisotopic (exact) mass is 468 g/mol. The highest BCUT2D eigenvalue weighted by Gasteiger charge is 2.31. The Balaban J connectivity index is 2.76. The summed E-state index contributed by atoms with van der Waals surface area (Å²) in [7, 11) is 0. The van der Waals surface area contributed by atoms with E-state index in [1.54, 1.807) is 6.92 Å². The number of carboxylic acids is 2. The van der Waals surface area contributed by atoms with Gasteiger partial charge in [-0.2, -0.15) is 0 Å². The van der Waals surface area contributed by atoms with Crippen molar-refractivity contribution < 1.29 is 34.2 Å². The minimum absolute atomic E-state index is 0.0263. The molecule has 184 valence electrons. The third kappa shape index (κ3) is 9.27. The summed E-state index contributed by atoms with van der Waals surface area (Å²) in [6, 6.07) is -4.46. The maximum Gasteiger partial charge on any atom is 0.326 e. The fourth-order valence-corrected chi connectivity index (χ4v) is 2.85. The summed E-state index contributed by atoms with van der Waals surface area (Å²) < 4.78 is 0. The van der Waals surface area contributed by atoms with E-state index in [1.165, 1.54) is 19.4 Å². The lowest BCUT2D eigenvalue weighted by Gasteiger charge is -2.26. The smallest absolute Gasteiger partial charge is 0.326 e. The Morgan fingerprint density at radius 1 is 1.06 bits per heavy atom. The molecule has 0 saturated carbocycles. The number of hydrogen-bond acceptors (Lipinski definition) is 7. The zero-order valence-electron chi connectivity index (χ0n) is 18.8. The van der Waals surface area contributed by atoms with Crippen molar-refractivity contribution in [1.82, 2.24) is 25.9 Å². The standard InChI is InChI=1S/C20H32N6O7/c1-4-10(2)16(26-18(30)13(21)5-6-15(27)28)19(31)24-11(3)17(29)25-14(20(32)33)7-12-8-22-9-23-12/h8-11,13-14,16H,4-7,21H2,1-3H3,(H,22,23)(H,24,31)(H,25,29)(H,26,30)(H,27,28)(H,32,33). The first kappa shape index (κ1) is 27.6. The third-order valence-corrected chi connectivity index (χ3v) is 5.14. The number of rotatable bonds is 14. The normalized spacial score (nSPS) is 15.4. The number of carboxylic acid groups (broad SMARTS) is 2. The molecule has 5 unspecified atom stereocenters. The second-order valence-corrected chi connectivity index (χ2v) is 7.82. The van der Waals surface area contributed by atoms with Crippen molar-refractivity contribution in [3.63, 3.8) is 0 Å². The number of carbonyl (C=O) groups is 5. The number of H-pyrrole nitrogens is 1. The second-order valence-electron chi connectivity index (χ2n) is 7.82. The van der Waals surface area contributed by atoms with Crippen molar-refractivity contribution in [2.45, 2.75) is 70.6 Å². The van der Waals surface area contributed by atoms with Gasteiger partial charge in [0, 0.05) is 24.7 Å². The minimum Gasteiger partial charge on any atom is -0.481 e. The molecule has 13 nitrogen and oxygen atoms in total. The van der Waals surface area contributed by atoms with Crippen molar-refractivity contribution in [2.24, 2.45) is 11.7 Å². The Morgan fingerprint density at radius 2 is 1.73 bits per heavy atom. The number of hydrogen-bond donors (Lipinski definition) is 7. The Morgan fingerprint density at radius 3 is 2.24 bits per heavy atom. The van der Waals surface area contributed by atoms with Gasteiger partial charge in [-0.25, -0.2) is 9.78 Å². The predicted molar refractivity (Wildman–Crippen MR) is 116 cm³/mol. The summed E-state index contributed by atoms with van der Waals surface area (Å²) in [6.07, 6.45) is 2.93. The van der Waals surface area contributed by atoms with E-state index in [4.69, 9.17) is 10.8 Å². The van der Waals surface area contributed by atoms with Gasteiger partial charge in [-0.1, -0.05) is 20.3 Å². The van der Waals surface area contributed by atoms with E-state index < -0.39 is 53.8 Å². The minimum atomic E-state index is -1.25. The highest BCUT2D eigenvalue weighted by Crippen LogP contribution is 2.09. The van der Waals surface area contributed by atoms with E-state index >= 15 is 0 Å². The third-order valence-electron chi connectivity index (χ3n) is 5.14. The number of aromatic nitrogens is 2. The second kappa shape index (κ2) is 13.2. The highest BCUT2D eigenvalue weighted by molar-refractivity contribution is 5.94. The van der Waals surface area contributed by atoms with Gasteiger partial charge in [-0.15, -0.1) is 0 Å². The molecule has 0 aliphatic carbocycles. The summed E-state index contributed by atoms with van der Waals surface area (Å²) in [5, 5.41) is 25.5. The Kier molecular flexibility index (Phi) is 11.0. The van der Waals surface area contributed by atoms with Gasteiger partial charge in [0.1, 0.15) is 18.1 Å². The molecule has 0 bridgehead atoms. The van der Waals surface area contributed by atoms with Crippen LogP contribution in [-0.4, -0.2) is 74.0 Å². The van der Waals surface area contributed by atoms with Crippen molar-refractivity contribution in [3.8, 4) is 0 Å². The summed E-state index contributed by atoms with van der Waals surface area (Å²) in [4.78, 5) is 66.3. The van der Waals surface area contributed by atoms with E-state index in [9.17, 15) is 29.1 Å². The van der Waals surface area contributed by atoms with Crippen LogP contribution in [-0.2, 0) is 30.4 Å². The molecule has 33 heavy (non-hydrogen) atoms. The quantitative estimate of drug-likeness (QED) is 0.173. The lowest BCUT2D eigenvalue weighted by Crippen LogP contribution is -2.58. The Hall–Kier alpha value is -3.48. The zero-order valence-corrected chi connectivity index (χ0v) is 18.8. The molecule has 0 spiro atoms. The number of imidazole rings is 1. The topological polar surface area (TPSA) is 217 Å². The lowest BCUT2D eigenvalue weighted by molar-refractivity contribution is -0.142. The summed E-state index contributed by atoms with van der Waals surface area (Å²) >= 11 is 0. The van der Waals surface area contributed by atoms with Crippen LogP contribution in [0, 0.1) is 5.92 Å². The van der Waals surface area contributed by atoms with Gasteiger partial charge >= 0.3 is 11.9 Å². The molecule has 0 aromatic carbocycles. The molecule has 1 aromatic rings. The number of aromatic amines is 1. The molecule has 0 fully saturated rings. The maximum atomic E-state index is 12.8. The van der Waals surface area contributed by atoms with Gasteiger partial charge in [0.15, 0.2) is 0 Å². The molecular weight excluding hydrogens is 436 g/mol. The first-order chi connectivity index (χ1) is 15.5. The van der Waals surface area contributed by atoms with Crippen LogP contribution in [0.2, 0.25) is 0 Å². The van der Waals surface area contributed by atoms with Crippen LogP contribution in [0.15, 0.2) is 12.5 Å². The van der Waals surface area contributed by atoms with E-state index in [0.29, 0.717) is 12.1 Å². The SMILES string of the molecule is CCC(C)C(NC(=O)C(N)CCC(=O)O)C(=O)NC(C)C(=O)NC(Cc1cnc[nH]1)C(=O)O. The molecule has 0 saturated heterocycles. The highest BCUT2D eigenvalue weighted by atomic mass is 16.4. The number of nitrogens with one attached hydrogen (secondary N) is 4. The lowest BCUT2D eigenvalue weighted by atomic mass is 9.97. The molecular formula is C20H32N6O7. The maximum absolute atomic E-state index is 12.8. The van der Waals surface area contributed by atoms with Crippen molar-refractivity contribution >= 4 is 29.7 Å². The molecule has 8 N–H and O–H groups in total. The average molecular weight is 469 g/mol. The van der Waals surface area contributed by atoms with Crippen molar-refractivity contribution in [3.05, 3.63) is 18.2 Å². The Labute approximate surface area is 190 Å². The van der Waals surface area contributed by atoms with Crippen LogP contribution >= 0.6 is 0 Å². The fraction of sp³-hybridized carbons (Fsp3) is 0.600. The molecule has 1 aromatic heterocycles. The van der Waals surface area contributed by atoms with E-state index in [0.717, 1.165) is 0 Å². The van der Waals surface area contributed by atoms with Gasteiger partial charge in [-0.05, 0) is 19.3 Å². The van der Waals surface area contributed by atoms with Crippen LogP contribution in [0.5, 0.6) is 0 Å². The van der Waals surface area contributed by atoms with E-state index in [-0.39, 0.29) is 25.2 Å². The Bertz CT molecular complexity index is 829. The molecule has 0 radical (unpaired) electrons. The predicted octanol–water partition coefficient (Wildman–Crippen LogP) is -1.25. The van der Waals surface area contributed by atoms with Crippen molar-refractivity contribution in [1.29, 1.82) is 0 Å². The number of nitrogens with zero attached hydrogens (tertiary/aromatic N) is 1. The average Bonchev–Trinajstić information content (AvgIpc) is 3.27. The molecule has 3 amide bonds. The number of aliphatic carboxylic acids is 2. The fourth-order valence-electron chi connectivity index (χ4n) is 2.85. The van der Waals surface area contributed by atoms with Gasteiger partial charge < -0.3 is 36.9 Å². The van der Waals surface area contributed by atoms with Gasteiger partial charge in [0.05, 0.1) is 12.4 Å². The van der Waals surface area contributed by atoms with Crippen LogP contribution in [0.3, 0.4) is 0 Å². The number of amides is 3.